The molecule has 130 valence electrons. The van der Waals surface area contributed by atoms with Crippen molar-refractivity contribution < 1.29 is 14.3 Å². The predicted octanol–water partition coefficient (Wildman–Crippen LogP) is 2.85. The van der Waals surface area contributed by atoms with Crippen molar-refractivity contribution in [2.75, 3.05) is 26.2 Å². The molecular formula is C18H30N2O3. The van der Waals surface area contributed by atoms with Crippen molar-refractivity contribution >= 4 is 11.9 Å². The molecule has 0 aromatic rings. The first-order chi connectivity index (χ1) is 10.7. The molecular weight excluding hydrogens is 292 g/mol. The lowest BCUT2D eigenvalue weighted by Crippen LogP contribution is -2.57. The number of carbonyl (C=O) groups is 2. The summed E-state index contributed by atoms with van der Waals surface area (Å²) in [7, 11) is 0. The average molecular weight is 322 g/mol. The monoisotopic (exact) mass is 322 g/mol. The highest BCUT2D eigenvalue weighted by Crippen LogP contribution is 2.37. The number of allylic oxidation sites excluding steroid dienone is 1. The van der Waals surface area contributed by atoms with Crippen molar-refractivity contribution in [2.24, 2.45) is 5.92 Å². The Kier molecular flexibility index (Phi) is 5.50. The molecule has 23 heavy (non-hydrogen) atoms. The van der Waals surface area contributed by atoms with Gasteiger partial charge in [-0.1, -0.05) is 5.57 Å². The molecule has 5 nitrogen and oxygen atoms in total. The molecule has 0 spiro atoms. The third kappa shape index (κ3) is 4.80. The van der Waals surface area contributed by atoms with Crippen LogP contribution in [-0.4, -0.2) is 59.5 Å². The van der Waals surface area contributed by atoms with Crippen molar-refractivity contribution in [3.63, 3.8) is 0 Å². The molecule has 0 bridgehead atoms. The van der Waals surface area contributed by atoms with E-state index in [2.05, 4.69) is 11.8 Å². The molecule has 2 fully saturated rings. The van der Waals surface area contributed by atoms with Gasteiger partial charge in [-0.15, -0.1) is 0 Å². The first kappa shape index (κ1) is 18.0. The van der Waals surface area contributed by atoms with Gasteiger partial charge in [0, 0.05) is 32.2 Å². The number of hydrogen-bond acceptors (Lipinski definition) is 4. The fraction of sp³-hybridized carbons (Fsp3) is 0.778. The van der Waals surface area contributed by atoms with Crippen LogP contribution in [0, 0.1) is 5.92 Å². The van der Waals surface area contributed by atoms with Gasteiger partial charge in [0.25, 0.3) is 0 Å². The molecule has 0 radical (unpaired) electrons. The molecule has 0 aromatic heterocycles. The Bertz CT molecular complexity index is 485. The van der Waals surface area contributed by atoms with E-state index in [-0.39, 0.29) is 11.9 Å². The lowest BCUT2D eigenvalue weighted by Gasteiger charge is -2.48. The predicted molar refractivity (Wildman–Crippen MR) is 90.3 cm³/mol. The molecule has 1 aliphatic heterocycles. The fourth-order valence-electron chi connectivity index (χ4n) is 3.44. The van der Waals surface area contributed by atoms with E-state index in [9.17, 15) is 9.59 Å². The highest BCUT2D eigenvalue weighted by Gasteiger charge is 2.38. The van der Waals surface area contributed by atoms with E-state index < -0.39 is 5.60 Å². The topological polar surface area (TPSA) is 49.9 Å². The van der Waals surface area contributed by atoms with Crippen LogP contribution in [-0.2, 0) is 9.53 Å². The van der Waals surface area contributed by atoms with Gasteiger partial charge >= 0.3 is 6.09 Å². The summed E-state index contributed by atoms with van der Waals surface area (Å²) in [4.78, 5) is 27.6. The summed E-state index contributed by atoms with van der Waals surface area (Å²) < 4.78 is 5.44. The number of hydrogen-bond donors (Lipinski definition) is 0. The van der Waals surface area contributed by atoms with Crippen LogP contribution in [0.25, 0.3) is 0 Å². The highest BCUT2D eigenvalue weighted by atomic mass is 16.6. The van der Waals surface area contributed by atoms with E-state index in [1.807, 2.05) is 20.8 Å². The quantitative estimate of drug-likeness (QED) is 0.750. The zero-order valence-electron chi connectivity index (χ0n) is 15.1. The van der Waals surface area contributed by atoms with E-state index in [0.717, 1.165) is 19.5 Å². The number of amides is 1. The first-order valence-corrected chi connectivity index (χ1v) is 8.58. The van der Waals surface area contributed by atoms with Crippen LogP contribution in [0.15, 0.2) is 11.6 Å². The lowest BCUT2D eigenvalue weighted by atomic mass is 9.73. The van der Waals surface area contributed by atoms with Gasteiger partial charge in [-0.3, -0.25) is 9.69 Å². The molecule has 2 atom stereocenters. The third-order valence-electron chi connectivity index (χ3n) is 4.69. The smallest absolute Gasteiger partial charge is 0.410 e. The van der Waals surface area contributed by atoms with Gasteiger partial charge in [0.05, 0.1) is 0 Å². The average Bonchev–Trinajstić information content (AvgIpc) is 2.35. The van der Waals surface area contributed by atoms with E-state index >= 15 is 0 Å². The number of ketones is 1. The maximum Gasteiger partial charge on any atom is 0.410 e. The molecule has 1 saturated heterocycles. The summed E-state index contributed by atoms with van der Waals surface area (Å²) in [5.74, 6) is 0.620. The lowest BCUT2D eigenvalue weighted by molar-refractivity contribution is -0.112. The number of piperazine rings is 1. The zero-order chi connectivity index (χ0) is 17.2. The number of rotatable bonds is 3. The van der Waals surface area contributed by atoms with Crippen LogP contribution in [0.1, 0.15) is 47.5 Å². The summed E-state index contributed by atoms with van der Waals surface area (Å²) in [6.07, 6.45) is 3.90. The Labute approximate surface area is 139 Å². The second-order valence-corrected chi connectivity index (χ2v) is 7.75. The summed E-state index contributed by atoms with van der Waals surface area (Å²) in [5.41, 5.74) is 0.755. The van der Waals surface area contributed by atoms with Crippen LogP contribution in [0.5, 0.6) is 0 Å². The van der Waals surface area contributed by atoms with Crippen molar-refractivity contribution in [2.45, 2.75) is 59.1 Å². The molecule has 1 heterocycles. The molecule has 1 aliphatic carbocycles. The molecule has 5 heteroatoms. The normalized spacial score (nSPS) is 26.7. The standard InChI is InChI=1S/C18H30N2O3/c1-13(12-14(2)21)15-6-7-16(15)19-8-10-20(11-9-19)17(22)23-18(3,4)5/h12,15-16H,6-11H2,1-5H3/b13-12-/t15?,16-/m1/s1. The van der Waals surface area contributed by atoms with Crippen molar-refractivity contribution in [3.8, 4) is 0 Å². The number of ether oxygens (including phenoxy) is 1. The minimum absolute atomic E-state index is 0.128. The SMILES string of the molecule is CC(=O)/C=C(/C)C1CC[C@H]1N1CCN(C(=O)OC(C)(C)C)CC1. The van der Waals surface area contributed by atoms with Gasteiger partial charge in [-0.25, -0.2) is 4.79 Å². The van der Waals surface area contributed by atoms with Crippen LogP contribution in [0.3, 0.4) is 0 Å². The van der Waals surface area contributed by atoms with Gasteiger partial charge < -0.3 is 9.64 Å². The second kappa shape index (κ2) is 7.04. The Morgan fingerprint density at radius 3 is 2.09 bits per heavy atom. The van der Waals surface area contributed by atoms with Crippen molar-refractivity contribution in [1.29, 1.82) is 0 Å². The summed E-state index contributed by atoms with van der Waals surface area (Å²) >= 11 is 0. The van der Waals surface area contributed by atoms with Gasteiger partial charge in [0.2, 0.25) is 0 Å². The van der Waals surface area contributed by atoms with Crippen LogP contribution in [0.2, 0.25) is 0 Å². The maximum atomic E-state index is 12.1. The molecule has 1 amide bonds. The van der Waals surface area contributed by atoms with E-state index in [1.54, 1.807) is 17.9 Å². The molecule has 0 N–H and O–H groups in total. The summed E-state index contributed by atoms with van der Waals surface area (Å²) in [6, 6.07) is 0.520. The van der Waals surface area contributed by atoms with Crippen LogP contribution < -0.4 is 0 Å². The minimum atomic E-state index is -0.443. The second-order valence-electron chi connectivity index (χ2n) is 7.75. The van der Waals surface area contributed by atoms with E-state index in [1.165, 1.54) is 12.0 Å². The Morgan fingerprint density at radius 2 is 1.65 bits per heavy atom. The summed E-state index contributed by atoms with van der Waals surface area (Å²) in [6.45, 7) is 12.5. The molecule has 1 unspecified atom stereocenters. The zero-order valence-corrected chi connectivity index (χ0v) is 15.1. The first-order valence-electron chi connectivity index (χ1n) is 8.58. The van der Waals surface area contributed by atoms with Crippen LogP contribution in [0.4, 0.5) is 4.79 Å². The molecule has 2 aliphatic rings. The Hall–Kier alpha value is -1.36. The third-order valence-corrected chi connectivity index (χ3v) is 4.69. The molecule has 1 saturated carbocycles. The van der Waals surface area contributed by atoms with Crippen molar-refractivity contribution in [1.82, 2.24) is 9.80 Å². The Balaban J connectivity index is 1.85. The van der Waals surface area contributed by atoms with Gasteiger partial charge in [-0.05, 0) is 59.5 Å². The van der Waals surface area contributed by atoms with Crippen molar-refractivity contribution in [3.05, 3.63) is 11.6 Å². The minimum Gasteiger partial charge on any atom is -0.444 e. The highest BCUT2D eigenvalue weighted by molar-refractivity contribution is 5.88. The molecule has 0 aromatic carbocycles. The number of nitrogens with zero attached hydrogens (tertiary/aromatic N) is 2. The number of carbonyl (C=O) groups excluding carboxylic acids is 2. The van der Waals surface area contributed by atoms with Crippen LogP contribution >= 0.6 is 0 Å². The largest absolute Gasteiger partial charge is 0.444 e. The van der Waals surface area contributed by atoms with Gasteiger partial charge in [0.1, 0.15) is 5.60 Å². The maximum absolute atomic E-state index is 12.1. The summed E-state index contributed by atoms with van der Waals surface area (Å²) in [5, 5.41) is 0. The van der Waals surface area contributed by atoms with E-state index in [0.29, 0.717) is 25.0 Å². The van der Waals surface area contributed by atoms with Gasteiger partial charge in [-0.2, -0.15) is 0 Å². The molecule has 2 rings (SSSR count). The van der Waals surface area contributed by atoms with E-state index in [4.69, 9.17) is 4.74 Å². The Morgan fingerprint density at radius 1 is 1.04 bits per heavy atom. The van der Waals surface area contributed by atoms with Gasteiger partial charge in [0.15, 0.2) is 5.78 Å². The fourth-order valence-corrected chi connectivity index (χ4v) is 3.44.